The summed E-state index contributed by atoms with van der Waals surface area (Å²) in [5.41, 5.74) is 8.61. The fourth-order valence-corrected chi connectivity index (χ4v) is 2.21. The molecule has 0 aliphatic rings. The topological polar surface area (TPSA) is 43.8 Å². The molecule has 2 rings (SSSR count). The van der Waals surface area contributed by atoms with E-state index < -0.39 is 0 Å². The number of aromatic nitrogens is 2. The van der Waals surface area contributed by atoms with E-state index in [1.54, 1.807) is 0 Å². The smallest absolute Gasteiger partial charge is 0.0922 e. The average Bonchev–Trinajstić information content (AvgIpc) is 2.36. The first-order chi connectivity index (χ1) is 6.11. The van der Waals surface area contributed by atoms with Crippen molar-refractivity contribution >= 4 is 32.5 Å². The third kappa shape index (κ3) is 1.13. The van der Waals surface area contributed by atoms with Crippen LogP contribution in [0.2, 0.25) is 0 Å². The largest absolute Gasteiger partial charge is 0.397 e. The van der Waals surface area contributed by atoms with Crippen LogP contribution >= 0.6 is 15.9 Å². The molecule has 0 atom stereocenters. The first-order valence-electron chi connectivity index (χ1n) is 3.98. The molecule has 1 aromatic heterocycles. The van der Waals surface area contributed by atoms with Gasteiger partial charge in [-0.3, -0.25) is 4.68 Å². The molecule has 0 unspecified atom stereocenters. The zero-order valence-electron chi connectivity index (χ0n) is 7.50. The highest BCUT2D eigenvalue weighted by molar-refractivity contribution is 9.10. The number of halogens is 1. The minimum Gasteiger partial charge on any atom is -0.397 e. The van der Waals surface area contributed by atoms with E-state index in [0.29, 0.717) is 0 Å². The molecule has 3 nitrogen and oxygen atoms in total. The van der Waals surface area contributed by atoms with Crippen LogP contribution in [-0.4, -0.2) is 9.78 Å². The van der Waals surface area contributed by atoms with E-state index in [0.717, 1.165) is 26.8 Å². The molecule has 4 heteroatoms. The Labute approximate surface area is 84.7 Å². The molecule has 2 N–H and O–H groups in total. The highest BCUT2D eigenvalue weighted by Gasteiger charge is 2.10. The summed E-state index contributed by atoms with van der Waals surface area (Å²) in [4.78, 5) is 0. The maximum atomic E-state index is 5.86. The minimum absolute atomic E-state index is 0.765. The van der Waals surface area contributed by atoms with Crippen molar-refractivity contribution in [1.82, 2.24) is 9.78 Å². The second-order valence-electron chi connectivity index (χ2n) is 3.07. The highest BCUT2D eigenvalue weighted by Crippen LogP contribution is 2.30. The Hall–Kier alpha value is -1.03. The van der Waals surface area contributed by atoms with Gasteiger partial charge in [0.15, 0.2) is 0 Å². The number of aryl methyl sites for hydroxylation is 2. The van der Waals surface area contributed by atoms with Crippen molar-refractivity contribution in [3.05, 3.63) is 22.3 Å². The molecule has 0 fully saturated rings. The summed E-state index contributed by atoms with van der Waals surface area (Å²) in [5.74, 6) is 0. The normalized spacial score (nSPS) is 11.0. The fraction of sp³-hybridized carbons (Fsp3) is 0.222. The molecule has 0 radical (unpaired) electrons. The number of benzene rings is 1. The fourth-order valence-electron chi connectivity index (χ4n) is 1.60. The van der Waals surface area contributed by atoms with Gasteiger partial charge in [0.05, 0.1) is 16.9 Å². The van der Waals surface area contributed by atoms with Gasteiger partial charge in [0.25, 0.3) is 0 Å². The Morgan fingerprint density at radius 2 is 2.15 bits per heavy atom. The zero-order chi connectivity index (χ0) is 9.59. The summed E-state index contributed by atoms with van der Waals surface area (Å²) < 4.78 is 2.85. The lowest BCUT2D eigenvalue weighted by molar-refractivity contribution is 0.784. The van der Waals surface area contributed by atoms with E-state index in [1.807, 2.05) is 30.8 Å². The van der Waals surface area contributed by atoms with Gasteiger partial charge in [-0.15, -0.1) is 0 Å². The maximum Gasteiger partial charge on any atom is 0.0922 e. The number of hydrogen-bond acceptors (Lipinski definition) is 2. The summed E-state index contributed by atoms with van der Waals surface area (Å²) in [7, 11) is 1.90. The van der Waals surface area contributed by atoms with Crippen LogP contribution in [0.4, 0.5) is 5.69 Å². The molecule has 0 aliphatic carbocycles. The molecule has 13 heavy (non-hydrogen) atoms. The number of anilines is 1. The second kappa shape index (κ2) is 2.73. The van der Waals surface area contributed by atoms with Crippen molar-refractivity contribution in [3.8, 4) is 0 Å². The Morgan fingerprint density at radius 1 is 1.46 bits per heavy atom. The van der Waals surface area contributed by atoms with Gasteiger partial charge in [-0.25, -0.2) is 0 Å². The van der Waals surface area contributed by atoms with Crippen molar-refractivity contribution < 1.29 is 0 Å². The van der Waals surface area contributed by atoms with Crippen LogP contribution in [0.5, 0.6) is 0 Å². The van der Waals surface area contributed by atoms with E-state index in [2.05, 4.69) is 21.0 Å². The SMILES string of the molecule is Cc1nn(C)c2c(N)ccc(Br)c12. The number of nitrogens with zero attached hydrogens (tertiary/aromatic N) is 2. The monoisotopic (exact) mass is 239 g/mol. The van der Waals surface area contributed by atoms with Gasteiger partial charge >= 0.3 is 0 Å². The predicted molar refractivity (Wildman–Crippen MR) is 57.6 cm³/mol. The van der Waals surface area contributed by atoms with Gasteiger partial charge in [-0.05, 0) is 19.1 Å². The first-order valence-corrected chi connectivity index (χ1v) is 4.78. The van der Waals surface area contributed by atoms with E-state index in [1.165, 1.54) is 0 Å². The van der Waals surface area contributed by atoms with Crippen LogP contribution in [0.15, 0.2) is 16.6 Å². The average molecular weight is 240 g/mol. The lowest BCUT2D eigenvalue weighted by atomic mass is 10.2. The van der Waals surface area contributed by atoms with Crippen LogP contribution < -0.4 is 5.73 Å². The minimum atomic E-state index is 0.765. The number of hydrogen-bond donors (Lipinski definition) is 1. The molecule has 2 aromatic rings. The second-order valence-corrected chi connectivity index (χ2v) is 3.92. The van der Waals surface area contributed by atoms with Crippen molar-refractivity contribution in [1.29, 1.82) is 0 Å². The molecular formula is C9H10BrN3. The molecule has 1 aromatic carbocycles. The molecule has 68 valence electrons. The third-order valence-electron chi connectivity index (χ3n) is 2.14. The van der Waals surface area contributed by atoms with Gasteiger partial charge in [0, 0.05) is 16.9 Å². The summed E-state index contributed by atoms with van der Waals surface area (Å²) in [6.45, 7) is 1.98. The summed E-state index contributed by atoms with van der Waals surface area (Å²) in [6.07, 6.45) is 0. The molecule has 0 aliphatic heterocycles. The highest BCUT2D eigenvalue weighted by atomic mass is 79.9. The Balaban J connectivity index is 3.03. The summed E-state index contributed by atoms with van der Waals surface area (Å²) in [5, 5.41) is 5.42. The van der Waals surface area contributed by atoms with Crippen LogP contribution in [0, 0.1) is 6.92 Å². The lowest BCUT2D eigenvalue weighted by Crippen LogP contribution is -1.94. The number of nitrogens with two attached hydrogens (primary N) is 1. The molecule has 0 saturated heterocycles. The van der Waals surface area contributed by atoms with Crippen LogP contribution in [0.3, 0.4) is 0 Å². The Morgan fingerprint density at radius 3 is 2.77 bits per heavy atom. The van der Waals surface area contributed by atoms with Gasteiger partial charge in [0.2, 0.25) is 0 Å². The van der Waals surface area contributed by atoms with Gasteiger partial charge in [-0.2, -0.15) is 5.10 Å². The lowest BCUT2D eigenvalue weighted by Gasteiger charge is -2.00. The maximum absolute atomic E-state index is 5.86. The van der Waals surface area contributed by atoms with E-state index >= 15 is 0 Å². The van der Waals surface area contributed by atoms with E-state index in [4.69, 9.17) is 5.73 Å². The van der Waals surface area contributed by atoms with Gasteiger partial charge < -0.3 is 5.73 Å². The molecule has 0 amide bonds. The molecule has 0 spiro atoms. The molecule has 0 saturated carbocycles. The predicted octanol–water partition coefficient (Wildman–Crippen LogP) is 2.23. The van der Waals surface area contributed by atoms with Crippen LogP contribution in [-0.2, 0) is 7.05 Å². The number of rotatable bonds is 0. The van der Waals surface area contributed by atoms with Crippen molar-refractivity contribution in [2.75, 3.05) is 5.73 Å². The standard InChI is InChI=1S/C9H10BrN3/c1-5-8-6(10)3-4-7(11)9(8)13(2)12-5/h3-4H,11H2,1-2H3. The van der Waals surface area contributed by atoms with Crippen molar-refractivity contribution in [2.24, 2.45) is 7.05 Å². The quantitative estimate of drug-likeness (QED) is 0.717. The summed E-state index contributed by atoms with van der Waals surface area (Å²) in [6, 6.07) is 3.83. The number of fused-ring (bicyclic) bond motifs is 1. The van der Waals surface area contributed by atoms with E-state index in [9.17, 15) is 0 Å². The zero-order valence-corrected chi connectivity index (χ0v) is 9.09. The number of nitrogen functional groups attached to an aromatic ring is 1. The molecular weight excluding hydrogens is 230 g/mol. The summed E-state index contributed by atoms with van der Waals surface area (Å²) >= 11 is 3.49. The Bertz CT molecular complexity index is 431. The van der Waals surface area contributed by atoms with Crippen LogP contribution in [0.25, 0.3) is 10.9 Å². The third-order valence-corrected chi connectivity index (χ3v) is 2.80. The van der Waals surface area contributed by atoms with E-state index in [-0.39, 0.29) is 0 Å². The van der Waals surface area contributed by atoms with Gasteiger partial charge in [-0.1, -0.05) is 15.9 Å². The van der Waals surface area contributed by atoms with Crippen molar-refractivity contribution in [2.45, 2.75) is 6.92 Å². The van der Waals surface area contributed by atoms with Gasteiger partial charge in [0.1, 0.15) is 0 Å². The first kappa shape index (κ1) is 8.56. The molecule has 0 bridgehead atoms. The van der Waals surface area contributed by atoms with Crippen molar-refractivity contribution in [3.63, 3.8) is 0 Å². The molecule has 1 heterocycles. The van der Waals surface area contributed by atoms with Crippen LogP contribution in [0.1, 0.15) is 5.69 Å². The Kier molecular flexibility index (Phi) is 1.80.